The minimum atomic E-state index is -0.165. The Morgan fingerprint density at radius 1 is 1.36 bits per heavy atom. The molecule has 0 aromatic heterocycles. The van der Waals surface area contributed by atoms with Gasteiger partial charge in [-0.3, -0.25) is 0 Å². The van der Waals surface area contributed by atoms with Gasteiger partial charge in [0.25, 0.3) is 0 Å². The second-order valence-electron chi connectivity index (χ2n) is 4.34. The van der Waals surface area contributed by atoms with Crippen molar-refractivity contribution in [1.29, 1.82) is 0 Å². The molecule has 1 aromatic carbocycles. The molecule has 1 fully saturated rings. The van der Waals surface area contributed by atoms with Crippen molar-refractivity contribution in [3.05, 3.63) is 33.4 Å². The zero-order valence-corrected chi connectivity index (χ0v) is 10.5. The molecule has 1 N–H and O–H groups in total. The highest BCUT2D eigenvalue weighted by Gasteiger charge is 2.46. The lowest BCUT2D eigenvalue weighted by Crippen LogP contribution is -2.20. The maximum absolute atomic E-state index is 9.66. The molecular weight excluding hydrogens is 287 g/mol. The molecule has 0 radical (unpaired) electrons. The summed E-state index contributed by atoms with van der Waals surface area (Å²) in [7, 11) is 0. The lowest BCUT2D eigenvalue weighted by atomic mass is 9.92. The van der Waals surface area contributed by atoms with Crippen LogP contribution < -0.4 is 0 Å². The van der Waals surface area contributed by atoms with Crippen LogP contribution in [0.3, 0.4) is 0 Å². The summed E-state index contributed by atoms with van der Waals surface area (Å²) in [6, 6.07) is 8.61. The maximum Gasteiger partial charge on any atom is 0.0571 e. The van der Waals surface area contributed by atoms with E-state index >= 15 is 0 Å². The second kappa shape index (κ2) is 3.81. The van der Waals surface area contributed by atoms with Crippen LogP contribution in [0.5, 0.6) is 0 Å². The summed E-state index contributed by atoms with van der Waals surface area (Å²) in [6.07, 6.45) is 3.22. The Morgan fingerprint density at radius 3 is 2.36 bits per heavy atom. The number of aliphatic hydroxyl groups excluding tert-OH is 1. The van der Waals surface area contributed by atoms with Gasteiger partial charge in [-0.1, -0.05) is 12.1 Å². The highest BCUT2D eigenvalue weighted by Crippen LogP contribution is 2.51. The van der Waals surface area contributed by atoms with E-state index in [2.05, 4.69) is 46.9 Å². The number of hydrogen-bond donors (Lipinski definition) is 1. The molecule has 0 aliphatic heterocycles. The van der Waals surface area contributed by atoms with Crippen LogP contribution in [0.15, 0.2) is 24.3 Å². The third-order valence-electron chi connectivity index (χ3n) is 3.25. The van der Waals surface area contributed by atoms with Crippen molar-refractivity contribution < 1.29 is 5.11 Å². The summed E-state index contributed by atoms with van der Waals surface area (Å²) in [4.78, 5) is 0. The molecule has 1 aliphatic carbocycles. The highest BCUT2D eigenvalue weighted by atomic mass is 127. The van der Waals surface area contributed by atoms with Crippen molar-refractivity contribution in [2.24, 2.45) is 5.41 Å². The standard InChI is InChI=1S/C12H15IO/c1-9(14)12(6-7-12)8-10-2-4-11(13)5-3-10/h2-5,9,14H,6-8H2,1H3. The molecule has 76 valence electrons. The molecule has 1 atom stereocenters. The predicted octanol–water partition coefficient (Wildman–Crippen LogP) is 2.99. The fraction of sp³-hybridized carbons (Fsp3) is 0.500. The number of aliphatic hydroxyl groups is 1. The zero-order chi connectivity index (χ0) is 10.2. The molecule has 1 nitrogen and oxygen atoms in total. The molecular formula is C12H15IO. The fourth-order valence-electron chi connectivity index (χ4n) is 1.91. The van der Waals surface area contributed by atoms with Crippen LogP contribution in [0, 0.1) is 8.99 Å². The molecule has 0 bridgehead atoms. The highest BCUT2D eigenvalue weighted by molar-refractivity contribution is 14.1. The Bertz CT molecular complexity index is 312. The quantitative estimate of drug-likeness (QED) is 0.851. The van der Waals surface area contributed by atoms with Gasteiger partial charge in [-0.25, -0.2) is 0 Å². The Hall–Kier alpha value is -0.0900. The van der Waals surface area contributed by atoms with Crippen LogP contribution in [0.25, 0.3) is 0 Å². The van der Waals surface area contributed by atoms with Gasteiger partial charge in [0.05, 0.1) is 6.10 Å². The fourth-order valence-corrected chi connectivity index (χ4v) is 2.27. The van der Waals surface area contributed by atoms with Crippen LogP contribution in [-0.2, 0) is 6.42 Å². The largest absolute Gasteiger partial charge is 0.393 e. The van der Waals surface area contributed by atoms with Gasteiger partial charge in [-0.15, -0.1) is 0 Å². The Kier molecular flexibility index (Phi) is 2.84. The van der Waals surface area contributed by atoms with Crippen molar-refractivity contribution in [3.63, 3.8) is 0 Å². The van der Waals surface area contributed by atoms with Crippen molar-refractivity contribution in [2.45, 2.75) is 32.3 Å². The molecule has 0 heterocycles. The van der Waals surface area contributed by atoms with E-state index in [9.17, 15) is 5.11 Å². The van der Waals surface area contributed by atoms with Crippen molar-refractivity contribution in [1.82, 2.24) is 0 Å². The lowest BCUT2D eigenvalue weighted by Gasteiger charge is -2.18. The summed E-state index contributed by atoms with van der Waals surface area (Å²) in [6.45, 7) is 1.92. The van der Waals surface area contributed by atoms with Gasteiger partial charge in [0.1, 0.15) is 0 Å². The third-order valence-corrected chi connectivity index (χ3v) is 3.97. The van der Waals surface area contributed by atoms with Gasteiger partial charge in [0.2, 0.25) is 0 Å². The first kappa shape index (κ1) is 10.4. The number of halogens is 1. The minimum absolute atomic E-state index is 0.165. The van der Waals surface area contributed by atoms with Crippen LogP contribution in [0.1, 0.15) is 25.3 Å². The Morgan fingerprint density at radius 2 is 1.93 bits per heavy atom. The van der Waals surface area contributed by atoms with E-state index in [1.807, 2.05) is 6.92 Å². The number of rotatable bonds is 3. The Labute approximate surface area is 98.7 Å². The SMILES string of the molecule is CC(O)C1(Cc2ccc(I)cc2)CC1. The van der Waals surface area contributed by atoms with Crippen LogP contribution in [0.4, 0.5) is 0 Å². The summed E-state index contributed by atoms with van der Waals surface area (Å²) >= 11 is 2.31. The first-order valence-corrected chi connectivity index (χ1v) is 6.13. The number of hydrogen-bond acceptors (Lipinski definition) is 1. The summed E-state index contributed by atoms with van der Waals surface area (Å²) < 4.78 is 1.27. The smallest absolute Gasteiger partial charge is 0.0571 e. The lowest BCUT2D eigenvalue weighted by molar-refractivity contribution is 0.110. The average molecular weight is 302 g/mol. The molecule has 14 heavy (non-hydrogen) atoms. The van der Waals surface area contributed by atoms with E-state index in [-0.39, 0.29) is 11.5 Å². The molecule has 0 amide bonds. The van der Waals surface area contributed by atoms with E-state index in [0.29, 0.717) is 0 Å². The van der Waals surface area contributed by atoms with Crippen molar-refractivity contribution in [3.8, 4) is 0 Å². The van der Waals surface area contributed by atoms with Crippen LogP contribution in [-0.4, -0.2) is 11.2 Å². The molecule has 2 heteroatoms. The third kappa shape index (κ3) is 2.11. The molecule has 2 rings (SSSR count). The topological polar surface area (TPSA) is 20.2 Å². The second-order valence-corrected chi connectivity index (χ2v) is 5.59. The molecule has 1 aromatic rings. The van der Waals surface area contributed by atoms with Gasteiger partial charge in [0, 0.05) is 8.99 Å². The van der Waals surface area contributed by atoms with Crippen LogP contribution in [0.2, 0.25) is 0 Å². The maximum atomic E-state index is 9.66. The molecule has 1 aliphatic rings. The van der Waals surface area contributed by atoms with E-state index in [1.165, 1.54) is 22.0 Å². The summed E-state index contributed by atoms with van der Waals surface area (Å²) in [5.41, 5.74) is 1.55. The van der Waals surface area contributed by atoms with E-state index < -0.39 is 0 Å². The van der Waals surface area contributed by atoms with Crippen molar-refractivity contribution in [2.75, 3.05) is 0 Å². The Balaban J connectivity index is 2.08. The van der Waals surface area contributed by atoms with Gasteiger partial charge in [0.15, 0.2) is 0 Å². The first-order chi connectivity index (χ1) is 6.62. The van der Waals surface area contributed by atoms with Gasteiger partial charge in [-0.05, 0) is 66.5 Å². The predicted molar refractivity (Wildman–Crippen MR) is 66.2 cm³/mol. The zero-order valence-electron chi connectivity index (χ0n) is 8.33. The molecule has 0 spiro atoms. The summed E-state index contributed by atoms with van der Waals surface area (Å²) in [5.74, 6) is 0. The summed E-state index contributed by atoms with van der Waals surface area (Å²) in [5, 5.41) is 9.66. The van der Waals surface area contributed by atoms with E-state index in [0.717, 1.165) is 6.42 Å². The monoisotopic (exact) mass is 302 g/mol. The average Bonchev–Trinajstić information content (AvgIpc) is 2.90. The molecule has 1 saturated carbocycles. The van der Waals surface area contributed by atoms with E-state index in [1.54, 1.807) is 0 Å². The van der Waals surface area contributed by atoms with Gasteiger partial charge in [-0.2, -0.15) is 0 Å². The molecule has 1 unspecified atom stereocenters. The van der Waals surface area contributed by atoms with Crippen molar-refractivity contribution >= 4 is 22.6 Å². The number of benzene rings is 1. The normalized spacial score (nSPS) is 20.5. The van der Waals surface area contributed by atoms with Gasteiger partial charge >= 0.3 is 0 Å². The van der Waals surface area contributed by atoms with Gasteiger partial charge < -0.3 is 5.11 Å². The van der Waals surface area contributed by atoms with E-state index in [4.69, 9.17) is 0 Å². The van der Waals surface area contributed by atoms with Crippen LogP contribution >= 0.6 is 22.6 Å². The first-order valence-electron chi connectivity index (χ1n) is 5.05. The molecule has 0 saturated heterocycles. The minimum Gasteiger partial charge on any atom is -0.393 e.